The summed E-state index contributed by atoms with van der Waals surface area (Å²) >= 11 is 3.45. The van der Waals surface area contributed by atoms with Gasteiger partial charge >= 0.3 is 0 Å². The molecule has 0 atom stereocenters. The third-order valence-electron chi connectivity index (χ3n) is 1.94. The fourth-order valence-corrected chi connectivity index (χ4v) is 1.72. The van der Waals surface area contributed by atoms with E-state index in [1.165, 1.54) is 0 Å². The molecule has 0 aliphatic carbocycles. The van der Waals surface area contributed by atoms with E-state index in [1.54, 1.807) is 0 Å². The Kier molecular flexibility index (Phi) is 5.11. The van der Waals surface area contributed by atoms with Crippen molar-refractivity contribution < 1.29 is 4.74 Å². The first-order valence-corrected chi connectivity index (χ1v) is 5.92. The first kappa shape index (κ1) is 12.8. The fraction of sp³-hybridized carbons (Fsp3) is 0.364. The summed E-state index contributed by atoms with van der Waals surface area (Å²) in [6.07, 6.45) is 0.986. The summed E-state index contributed by atoms with van der Waals surface area (Å²) in [5, 5.41) is 9.81. The number of nitrogens with one attached hydrogen (secondary N) is 2. The second kappa shape index (κ2) is 6.37. The zero-order valence-electron chi connectivity index (χ0n) is 9.22. The molecule has 0 fully saturated rings. The normalized spacial score (nSPS) is 9.88. The van der Waals surface area contributed by atoms with Gasteiger partial charge in [0.05, 0.1) is 11.1 Å². The van der Waals surface area contributed by atoms with Crippen LogP contribution in [0.1, 0.15) is 18.9 Å². The molecule has 0 aromatic heterocycles. The van der Waals surface area contributed by atoms with Crippen LogP contribution in [0.2, 0.25) is 0 Å². The topological polar surface area (TPSA) is 71.1 Å². The van der Waals surface area contributed by atoms with Crippen LogP contribution in [0.3, 0.4) is 0 Å². The van der Waals surface area contributed by atoms with E-state index in [-0.39, 0.29) is 5.96 Å². The highest BCUT2D eigenvalue weighted by atomic mass is 79.9. The van der Waals surface area contributed by atoms with Gasteiger partial charge in [0, 0.05) is 6.54 Å². The Hall–Kier alpha value is -1.23. The van der Waals surface area contributed by atoms with Gasteiger partial charge in [0.25, 0.3) is 0 Å². The van der Waals surface area contributed by atoms with Gasteiger partial charge in [-0.15, -0.1) is 0 Å². The Labute approximate surface area is 104 Å². The first-order chi connectivity index (χ1) is 7.63. The minimum Gasteiger partial charge on any atom is -0.492 e. The smallest absolute Gasteiger partial charge is 0.185 e. The number of hydrogen-bond acceptors (Lipinski definition) is 2. The van der Waals surface area contributed by atoms with Gasteiger partial charge in [-0.2, -0.15) is 0 Å². The third kappa shape index (κ3) is 4.10. The molecule has 0 aliphatic rings. The Balaban J connectivity index is 2.63. The lowest BCUT2D eigenvalue weighted by Crippen LogP contribution is -2.29. The molecule has 0 heterocycles. The molecule has 16 heavy (non-hydrogen) atoms. The number of nitrogens with two attached hydrogens (primary N) is 1. The summed E-state index contributed by atoms with van der Waals surface area (Å²) in [7, 11) is 0. The molecule has 4 nitrogen and oxygen atoms in total. The first-order valence-electron chi connectivity index (χ1n) is 5.12. The molecule has 0 bridgehead atoms. The number of halogens is 1. The van der Waals surface area contributed by atoms with Gasteiger partial charge in [-0.3, -0.25) is 5.41 Å². The van der Waals surface area contributed by atoms with Crippen molar-refractivity contribution in [3.05, 3.63) is 28.2 Å². The Bertz CT molecular complexity index is 368. The molecule has 0 saturated carbocycles. The summed E-state index contributed by atoms with van der Waals surface area (Å²) < 4.78 is 6.45. The lowest BCUT2D eigenvalue weighted by molar-refractivity contribution is 0.315. The molecular weight excluding hydrogens is 270 g/mol. The molecule has 0 unspecified atom stereocenters. The second-order valence-corrected chi connectivity index (χ2v) is 4.23. The average Bonchev–Trinajstić information content (AvgIpc) is 2.25. The van der Waals surface area contributed by atoms with Gasteiger partial charge < -0.3 is 15.8 Å². The van der Waals surface area contributed by atoms with Crippen LogP contribution in [0.25, 0.3) is 0 Å². The van der Waals surface area contributed by atoms with E-state index in [0.717, 1.165) is 22.2 Å². The van der Waals surface area contributed by atoms with Crippen LogP contribution in [-0.2, 0) is 6.54 Å². The molecule has 0 spiro atoms. The highest BCUT2D eigenvalue weighted by Gasteiger charge is 2.02. The minimum atomic E-state index is -0.0255. The number of rotatable bonds is 5. The zero-order chi connectivity index (χ0) is 12.0. The van der Waals surface area contributed by atoms with E-state index in [4.69, 9.17) is 15.9 Å². The molecule has 1 aromatic rings. The number of ether oxygens (including phenoxy) is 1. The van der Waals surface area contributed by atoms with Gasteiger partial charge in [-0.1, -0.05) is 13.0 Å². The summed E-state index contributed by atoms with van der Waals surface area (Å²) in [5.74, 6) is 0.816. The van der Waals surface area contributed by atoms with Crippen molar-refractivity contribution >= 4 is 21.9 Å². The van der Waals surface area contributed by atoms with Crippen LogP contribution < -0.4 is 15.8 Å². The van der Waals surface area contributed by atoms with Gasteiger partial charge in [-0.05, 0) is 40.0 Å². The van der Waals surface area contributed by atoms with Crippen molar-refractivity contribution in [1.29, 1.82) is 5.41 Å². The van der Waals surface area contributed by atoms with Gasteiger partial charge in [0.2, 0.25) is 0 Å². The largest absolute Gasteiger partial charge is 0.492 e. The number of hydrogen-bond donors (Lipinski definition) is 3. The van der Waals surface area contributed by atoms with E-state index in [1.807, 2.05) is 18.2 Å². The summed E-state index contributed by atoms with van der Waals surface area (Å²) in [6, 6.07) is 5.82. The van der Waals surface area contributed by atoms with Crippen molar-refractivity contribution in [2.45, 2.75) is 19.9 Å². The molecule has 4 N–H and O–H groups in total. The number of benzene rings is 1. The van der Waals surface area contributed by atoms with Crippen LogP contribution in [0.15, 0.2) is 22.7 Å². The second-order valence-electron chi connectivity index (χ2n) is 3.38. The monoisotopic (exact) mass is 285 g/mol. The standard InChI is InChI=1S/C11H16BrN3O/c1-2-5-16-10-4-3-8(6-9(10)12)7-15-11(13)14/h3-4,6H,2,5,7H2,1H3,(H4,13,14,15). The highest BCUT2D eigenvalue weighted by Crippen LogP contribution is 2.26. The van der Waals surface area contributed by atoms with Crippen molar-refractivity contribution in [3.8, 4) is 5.75 Å². The van der Waals surface area contributed by atoms with Crippen LogP contribution in [-0.4, -0.2) is 12.6 Å². The molecule has 0 amide bonds. The van der Waals surface area contributed by atoms with Crippen molar-refractivity contribution in [3.63, 3.8) is 0 Å². The maximum absolute atomic E-state index is 7.06. The quantitative estimate of drug-likeness (QED) is 0.574. The maximum Gasteiger partial charge on any atom is 0.185 e. The van der Waals surface area contributed by atoms with E-state index in [0.29, 0.717) is 13.2 Å². The summed E-state index contributed by atoms with van der Waals surface area (Å²) in [6.45, 7) is 3.32. The van der Waals surface area contributed by atoms with Crippen molar-refractivity contribution in [2.75, 3.05) is 6.61 Å². The SMILES string of the molecule is CCCOc1ccc(CNC(=N)N)cc1Br. The predicted molar refractivity (Wildman–Crippen MR) is 68.7 cm³/mol. The molecular formula is C11H16BrN3O. The third-order valence-corrected chi connectivity index (χ3v) is 2.56. The molecule has 0 radical (unpaired) electrons. The summed E-state index contributed by atoms with van der Waals surface area (Å²) in [4.78, 5) is 0. The Morgan fingerprint density at radius 3 is 2.88 bits per heavy atom. The van der Waals surface area contributed by atoms with Crippen LogP contribution >= 0.6 is 15.9 Å². The molecule has 1 aromatic carbocycles. The average molecular weight is 286 g/mol. The molecule has 0 aliphatic heterocycles. The summed E-state index contributed by atoms with van der Waals surface area (Å²) in [5.41, 5.74) is 6.26. The van der Waals surface area contributed by atoms with E-state index < -0.39 is 0 Å². The predicted octanol–water partition coefficient (Wildman–Crippen LogP) is 2.22. The van der Waals surface area contributed by atoms with E-state index in [9.17, 15) is 0 Å². The minimum absolute atomic E-state index is 0.0255. The maximum atomic E-state index is 7.06. The van der Waals surface area contributed by atoms with Gasteiger partial charge in [0.15, 0.2) is 5.96 Å². The van der Waals surface area contributed by atoms with Crippen LogP contribution in [0.5, 0.6) is 5.75 Å². The van der Waals surface area contributed by atoms with Gasteiger partial charge in [0.1, 0.15) is 5.75 Å². The van der Waals surface area contributed by atoms with Crippen LogP contribution in [0.4, 0.5) is 0 Å². The Morgan fingerprint density at radius 2 is 2.31 bits per heavy atom. The molecule has 1 rings (SSSR count). The van der Waals surface area contributed by atoms with Crippen molar-refractivity contribution in [2.24, 2.45) is 5.73 Å². The fourth-order valence-electron chi connectivity index (χ4n) is 1.18. The lowest BCUT2D eigenvalue weighted by atomic mass is 10.2. The van der Waals surface area contributed by atoms with E-state index >= 15 is 0 Å². The lowest BCUT2D eigenvalue weighted by Gasteiger charge is -2.09. The van der Waals surface area contributed by atoms with E-state index in [2.05, 4.69) is 28.2 Å². The molecule has 88 valence electrons. The zero-order valence-corrected chi connectivity index (χ0v) is 10.8. The number of guanidine groups is 1. The Morgan fingerprint density at radius 1 is 1.56 bits per heavy atom. The molecule has 0 saturated heterocycles. The van der Waals surface area contributed by atoms with Gasteiger partial charge in [-0.25, -0.2) is 0 Å². The highest BCUT2D eigenvalue weighted by molar-refractivity contribution is 9.10. The molecule has 5 heteroatoms. The van der Waals surface area contributed by atoms with Crippen molar-refractivity contribution in [1.82, 2.24) is 5.32 Å². The van der Waals surface area contributed by atoms with Crippen LogP contribution in [0, 0.1) is 5.41 Å².